The summed E-state index contributed by atoms with van der Waals surface area (Å²) in [4.78, 5) is 21.6. The molecule has 2 heterocycles. The molecular formula is C15H16BrN3O. The lowest BCUT2D eigenvalue weighted by Gasteiger charge is -2.12. The third-order valence-corrected chi connectivity index (χ3v) is 4.56. The first-order valence-electron chi connectivity index (χ1n) is 6.73. The van der Waals surface area contributed by atoms with Crippen LogP contribution in [0.1, 0.15) is 18.2 Å². The molecule has 0 saturated heterocycles. The van der Waals surface area contributed by atoms with Crippen molar-refractivity contribution in [1.29, 1.82) is 0 Å². The summed E-state index contributed by atoms with van der Waals surface area (Å²) in [5, 5.41) is 0. The second kappa shape index (κ2) is 5.05. The Labute approximate surface area is 126 Å². The van der Waals surface area contributed by atoms with Crippen LogP contribution < -0.4 is 10.5 Å². The van der Waals surface area contributed by atoms with Crippen molar-refractivity contribution >= 4 is 21.6 Å². The molecular weight excluding hydrogens is 318 g/mol. The van der Waals surface area contributed by atoms with Gasteiger partial charge in [-0.15, -0.1) is 0 Å². The lowest BCUT2D eigenvalue weighted by atomic mass is 10.1. The number of aromatic amines is 1. The van der Waals surface area contributed by atoms with E-state index >= 15 is 0 Å². The second-order valence-corrected chi connectivity index (χ2v) is 5.84. The Bertz CT molecular complexity index is 724. The largest absolute Gasteiger partial charge is 0.374 e. The maximum absolute atomic E-state index is 11.9. The van der Waals surface area contributed by atoms with Crippen molar-refractivity contribution in [3.05, 3.63) is 44.3 Å². The molecule has 104 valence electrons. The van der Waals surface area contributed by atoms with E-state index < -0.39 is 0 Å². The lowest BCUT2D eigenvalue weighted by Crippen LogP contribution is -2.13. The zero-order chi connectivity index (χ0) is 14.3. The fourth-order valence-corrected chi connectivity index (χ4v) is 3.06. The van der Waals surface area contributed by atoms with Crippen molar-refractivity contribution in [1.82, 2.24) is 9.97 Å². The molecule has 1 aliphatic rings. The van der Waals surface area contributed by atoms with E-state index in [-0.39, 0.29) is 5.56 Å². The Kier molecular flexibility index (Phi) is 3.38. The number of benzene rings is 1. The number of likely N-dealkylation sites (N-methyl/N-ethyl adjacent to an activating group) is 1. The van der Waals surface area contributed by atoms with Crippen LogP contribution in [0.3, 0.4) is 0 Å². The number of H-pyrrole nitrogens is 1. The van der Waals surface area contributed by atoms with Gasteiger partial charge in [0.1, 0.15) is 10.3 Å². The zero-order valence-corrected chi connectivity index (χ0v) is 13.1. The molecule has 0 fully saturated rings. The summed E-state index contributed by atoms with van der Waals surface area (Å²) < 4.78 is 0.532. The van der Waals surface area contributed by atoms with Gasteiger partial charge in [-0.2, -0.15) is 0 Å². The average molecular weight is 334 g/mol. The number of nitrogens with one attached hydrogen (secondary N) is 1. The molecule has 0 bridgehead atoms. The van der Waals surface area contributed by atoms with E-state index in [9.17, 15) is 4.79 Å². The van der Waals surface area contributed by atoms with Crippen LogP contribution in [0.5, 0.6) is 0 Å². The monoisotopic (exact) mass is 333 g/mol. The molecule has 0 aliphatic carbocycles. The van der Waals surface area contributed by atoms with Gasteiger partial charge in [-0.25, -0.2) is 4.98 Å². The maximum atomic E-state index is 11.9. The smallest absolute Gasteiger partial charge is 0.265 e. The molecule has 0 atom stereocenters. The van der Waals surface area contributed by atoms with E-state index in [0.29, 0.717) is 10.3 Å². The molecule has 2 aromatic rings. The highest BCUT2D eigenvalue weighted by molar-refractivity contribution is 9.10. The van der Waals surface area contributed by atoms with Gasteiger partial charge >= 0.3 is 0 Å². The zero-order valence-electron chi connectivity index (χ0n) is 11.5. The van der Waals surface area contributed by atoms with Crippen molar-refractivity contribution in [2.75, 3.05) is 18.5 Å². The summed E-state index contributed by atoms with van der Waals surface area (Å²) in [5.74, 6) is 0.646. The second-order valence-electron chi connectivity index (χ2n) is 5.04. The molecule has 1 N–H and O–H groups in total. The molecule has 1 aliphatic heterocycles. The van der Waals surface area contributed by atoms with Gasteiger partial charge in [-0.3, -0.25) is 4.79 Å². The predicted molar refractivity (Wildman–Crippen MR) is 84.3 cm³/mol. The molecule has 5 heteroatoms. The van der Waals surface area contributed by atoms with Crippen molar-refractivity contribution in [3.8, 4) is 11.4 Å². The Morgan fingerprint density at radius 2 is 2.25 bits per heavy atom. The molecule has 20 heavy (non-hydrogen) atoms. The molecule has 0 radical (unpaired) electrons. The number of halogens is 1. The Morgan fingerprint density at radius 3 is 3.00 bits per heavy atom. The van der Waals surface area contributed by atoms with Crippen LogP contribution in [-0.4, -0.2) is 23.6 Å². The standard InChI is InChI=1S/C15H16BrN3O/c1-3-11-13(16)15(20)18-14(17-11)10-4-5-12-9(8-10)6-7-19(12)2/h4-5,8H,3,6-7H2,1-2H3,(H,17,18,20). The molecule has 0 amide bonds. The highest BCUT2D eigenvalue weighted by Crippen LogP contribution is 2.30. The third-order valence-electron chi connectivity index (χ3n) is 3.75. The Hall–Kier alpha value is -1.62. The van der Waals surface area contributed by atoms with E-state index in [4.69, 9.17) is 0 Å². The number of aryl methyl sites for hydroxylation is 1. The van der Waals surface area contributed by atoms with E-state index in [2.05, 4.69) is 50.0 Å². The van der Waals surface area contributed by atoms with Gasteiger partial charge in [-0.1, -0.05) is 6.92 Å². The number of nitrogens with zero attached hydrogens (tertiary/aromatic N) is 2. The number of anilines is 1. The summed E-state index contributed by atoms with van der Waals surface area (Å²) in [6.45, 7) is 3.04. The predicted octanol–water partition coefficient (Wildman–Crippen LogP) is 2.75. The summed E-state index contributed by atoms with van der Waals surface area (Å²) in [6.07, 6.45) is 1.77. The summed E-state index contributed by atoms with van der Waals surface area (Å²) in [7, 11) is 2.10. The highest BCUT2D eigenvalue weighted by Gasteiger charge is 2.17. The molecule has 0 spiro atoms. The van der Waals surface area contributed by atoms with Crippen LogP contribution in [0, 0.1) is 0 Å². The molecule has 4 nitrogen and oxygen atoms in total. The normalized spacial score (nSPS) is 13.7. The fourth-order valence-electron chi connectivity index (χ4n) is 2.59. The summed E-state index contributed by atoms with van der Waals surface area (Å²) >= 11 is 3.29. The minimum Gasteiger partial charge on any atom is -0.374 e. The highest BCUT2D eigenvalue weighted by atomic mass is 79.9. The Balaban J connectivity index is 2.10. The van der Waals surface area contributed by atoms with Gasteiger partial charge in [0.05, 0.1) is 5.69 Å². The van der Waals surface area contributed by atoms with E-state index in [1.54, 1.807) is 0 Å². The van der Waals surface area contributed by atoms with Crippen LogP contribution in [0.4, 0.5) is 5.69 Å². The molecule has 3 rings (SSSR count). The summed E-state index contributed by atoms with van der Waals surface area (Å²) in [5.41, 5.74) is 4.22. The van der Waals surface area contributed by atoms with Crippen molar-refractivity contribution < 1.29 is 0 Å². The first-order chi connectivity index (χ1) is 9.60. The first kappa shape index (κ1) is 13.4. The number of hydrogen-bond acceptors (Lipinski definition) is 3. The van der Waals surface area contributed by atoms with Crippen LogP contribution in [0.15, 0.2) is 27.5 Å². The minimum atomic E-state index is -0.121. The first-order valence-corrected chi connectivity index (χ1v) is 7.52. The third kappa shape index (κ3) is 2.16. The number of fused-ring (bicyclic) bond motifs is 1. The van der Waals surface area contributed by atoms with Gasteiger partial charge in [0, 0.05) is 24.8 Å². The van der Waals surface area contributed by atoms with Crippen LogP contribution in [-0.2, 0) is 12.8 Å². The van der Waals surface area contributed by atoms with Crippen LogP contribution >= 0.6 is 15.9 Å². The molecule has 0 saturated carbocycles. The summed E-state index contributed by atoms with van der Waals surface area (Å²) in [6, 6.07) is 6.25. The van der Waals surface area contributed by atoms with E-state index in [1.165, 1.54) is 11.3 Å². The fraction of sp³-hybridized carbons (Fsp3) is 0.333. The quantitative estimate of drug-likeness (QED) is 0.919. The van der Waals surface area contributed by atoms with Crippen LogP contribution in [0.2, 0.25) is 0 Å². The van der Waals surface area contributed by atoms with Crippen molar-refractivity contribution in [3.63, 3.8) is 0 Å². The Morgan fingerprint density at radius 1 is 1.45 bits per heavy atom. The van der Waals surface area contributed by atoms with Crippen molar-refractivity contribution in [2.24, 2.45) is 0 Å². The topological polar surface area (TPSA) is 49.0 Å². The molecule has 1 aromatic heterocycles. The van der Waals surface area contributed by atoms with Gasteiger partial charge in [0.2, 0.25) is 0 Å². The minimum absolute atomic E-state index is 0.121. The van der Waals surface area contributed by atoms with E-state index in [1.807, 2.05) is 13.0 Å². The maximum Gasteiger partial charge on any atom is 0.265 e. The molecule has 1 aromatic carbocycles. The lowest BCUT2D eigenvalue weighted by molar-refractivity contribution is 0.955. The van der Waals surface area contributed by atoms with Gasteiger partial charge in [0.15, 0.2) is 0 Å². The average Bonchev–Trinajstić information content (AvgIpc) is 2.83. The van der Waals surface area contributed by atoms with Gasteiger partial charge < -0.3 is 9.88 Å². The van der Waals surface area contributed by atoms with E-state index in [0.717, 1.165) is 30.6 Å². The van der Waals surface area contributed by atoms with Crippen LogP contribution in [0.25, 0.3) is 11.4 Å². The molecule has 0 unspecified atom stereocenters. The number of aromatic nitrogens is 2. The van der Waals surface area contributed by atoms with Gasteiger partial charge in [-0.05, 0) is 52.5 Å². The SMILES string of the molecule is CCc1nc(-c2ccc3c(c2)CCN3C)[nH]c(=O)c1Br. The van der Waals surface area contributed by atoms with Crippen molar-refractivity contribution in [2.45, 2.75) is 19.8 Å². The van der Waals surface area contributed by atoms with Gasteiger partial charge in [0.25, 0.3) is 5.56 Å². The number of hydrogen-bond donors (Lipinski definition) is 1. The number of rotatable bonds is 2.